The van der Waals surface area contributed by atoms with Crippen molar-refractivity contribution >= 4 is 39.1 Å². The van der Waals surface area contributed by atoms with Crippen LogP contribution in [0.3, 0.4) is 0 Å². The lowest BCUT2D eigenvalue weighted by atomic mass is 10.1. The SMILES string of the molecule is Cn1cc(C(=O)NCc2ccc(Cl)cc2)c(=O)c2cc(CN(CC(O)c3ccccc3)C3CC3)sc21. The summed E-state index contributed by atoms with van der Waals surface area (Å²) in [7, 11) is 1.86. The molecule has 1 aliphatic carbocycles. The Morgan fingerprint density at radius 1 is 1.19 bits per heavy atom. The summed E-state index contributed by atoms with van der Waals surface area (Å²) in [6.45, 7) is 1.51. The van der Waals surface area contributed by atoms with E-state index >= 15 is 0 Å². The molecule has 0 radical (unpaired) electrons. The van der Waals surface area contributed by atoms with Crippen molar-refractivity contribution in [3.8, 4) is 0 Å². The minimum Gasteiger partial charge on any atom is -0.387 e. The first-order valence-electron chi connectivity index (χ1n) is 12.0. The molecule has 1 amide bonds. The van der Waals surface area contributed by atoms with Crippen LogP contribution in [0, 0.1) is 0 Å². The molecule has 8 heteroatoms. The smallest absolute Gasteiger partial charge is 0.257 e. The fraction of sp³-hybridized carbons (Fsp3) is 0.286. The highest BCUT2D eigenvalue weighted by atomic mass is 35.5. The number of benzene rings is 2. The minimum absolute atomic E-state index is 0.127. The molecular weight excluding hydrogens is 494 g/mol. The zero-order chi connectivity index (χ0) is 25.2. The molecule has 2 aromatic heterocycles. The lowest BCUT2D eigenvalue weighted by molar-refractivity contribution is 0.0949. The Morgan fingerprint density at radius 2 is 1.92 bits per heavy atom. The average molecular weight is 522 g/mol. The maximum atomic E-state index is 13.2. The minimum atomic E-state index is -0.566. The van der Waals surface area contributed by atoms with Gasteiger partial charge in [-0.25, -0.2) is 0 Å². The normalized spacial score (nSPS) is 14.3. The first kappa shape index (κ1) is 24.7. The van der Waals surface area contributed by atoms with E-state index in [4.69, 9.17) is 11.6 Å². The number of pyridine rings is 1. The Hall–Kier alpha value is -2.97. The van der Waals surface area contributed by atoms with Crippen molar-refractivity contribution < 1.29 is 9.90 Å². The van der Waals surface area contributed by atoms with Gasteiger partial charge in [-0.3, -0.25) is 14.5 Å². The van der Waals surface area contributed by atoms with Gasteiger partial charge in [-0.1, -0.05) is 54.1 Å². The predicted octanol–water partition coefficient (Wildman–Crippen LogP) is 4.88. The van der Waals surface area contributed by atoms with Crippen LogP contribution in [-0.4, -0.2) is 33.1 Å². The topological polar surface area (TPSA) is 74.6 Å². The number of rotatable bonds is 9. The molecule has 6 nitrogen and oxygen atoms in total. The maximum Gasteiger partial charge on any atom is 0.257 e. The molecule has 1 unspecified atom stereocenters. The van der Waals surface area contributed by atoms with Crippen LogP contribution in [0.2, 0.25) is 5.02 Å². The molecular formula is C28H28ClN3O3S. The molecule has 0 bridgehead atoms. The highest BCUT2D eigenvalue weighted by molar-refractivity contribution is 7.18. The van der Waals surface area contributed by atoms with Crippen molar-refractivity contribution in [1.29, 1.82) is 0 Å². The van der Waals surface area contributed by atoms with Crippen molar-refractivity contribution in [2.24, 2.45) is 7.05 Å². The first-order chi connectivity index (χ1) is 17.4. The number of thiophene rings is 1. The van der Waals surface area contributed by atoms with E-state index in [-0.39, 0.29) is 11.0 Å². The fourth-order valence-electron chi connectivity index (χ4n) is 4.42. The number of amides is 1. The number of hydrogen-bond acceptors (Lipinski definition) is 5. The third-order valence-electron chi connectivity index (χ3n) is 6.52. The van der Waals surface area contributed by atoms with Gasteiger partial charge in [-0.05, 0) is 42.2 Å². The second-order valence-corrected chi connectivity index (χ2v) is 10.9. The van der Waals surface area contributed by atoms with E-state index in [1.54, 1.807) is 29.7 Å². The van der Waals surface area contributed by atoms with E-state index in [0.717, 1.165) is 33.7 Å². The summed E-state index contributed by atoms with van der Waals surface area (Å²) >= 11 is 7.49. The number of aryl methyl sites for hydroxylation is 1. The Balaban J connectivity index is 1.33. The molecule has 5 rings (SSSR count). The van der Waals surface area contributed by atoms with E-state index in [9.17, 15) is 14.7 Å². The Morgan fingerprint density at radius 3 is 2.61 bits per heavy atom. The fourth-order valence-corrected chi connectivity index (χ4v) is 5.66. The third-order valence-corrected chi connectivity index (χ3v) is 7.98. The van der Waals surface area contributed by atoms with Crippen LogP contribution in [0.1, 0.15) is 45.3 Å². The van der Waals surface area contributed by atoms with E-state index in [2.05, 4.69) is 10.2 Å². The summed E-state index contributed by atoms with van der Waals surface area (Å²) in [6.07, 6.45) is 3.28. The van der Waals surface area contributed by atoms with Crippen LogP contribution in [0.5, 0.6) is 0 Å². The summed E-state index contributed by atoms with van der Waals surface area (Å²) in [5, 5.41) is 14.8. The molecule has 2 N–H and O–H groups in total. The molecule has 2 heterocycles. The number of aliphatic hydroxyl groups excluding tert-OH is 1. The number of aliphatic hydroxyl groups is 1. The Kier molecular flexibility index (Phi) is 7.25. The van der Waals surface area contributed by atoms with Gasteiger partial charge in [-0.2, -0.15) is 0 Å². The number of nitrogens with one attached hydrogen (secondary N) is 1. The number of carbonyl (C=O) groups excluding carboxylic acids is 1. The second-order valence-electron chi connectivity index (χ2n) is 9.31. The van der Waals surface area contributed by atoms with Crippen LogP contribution in [0.4, 0.5) is 0 Å². The van der Waals surface area contributed by atoms with Gasteiger partial charge < -0.3 is 15.0 Å². The largest absolute Gasteiger partial charge is 0.387 e. The van der Waals surface area contributed by atoms with Gasteiger partial charge >= 0.3 is 0 Å². The molecule has 4 aromatic rings. The highest BCUT2D eigenvalue weighted by Crippen LogP contribution is 2.33. The molecule has 2 aromatic carbocycles. The second kappa shape index (κ2) is 10.6. The Bertz CT molecular complexity index is 1430. The average Bonchev–Trinajstić information content (AvgIpc) is 3.65. The zero-order valence-electron chi connectivity index (χ0n) is 20.0. The van der Waals surface area contributed by atoms with E-state index in [1.165, 1.54) is 0 Å². The molecule has 1 atom stereocenters. The van der Waals surface area contributed by atoms with E-state index in [1.807, 2.05) is 60.1 Å². The number of carbonyl (C=O) groups is 1. The molecule has 1 saturated carbocycles. The summed E-state index contributed by atoms with van der Waals surface area (Å²) in [6, 6.07) is 19.3. The maximum absolute atomic E-state index is 13.2. The van der Waals surface area contributed by atoms with Gasteiger partial charge in [0.25, 0.3) is 5.91 Å². The first-order valence-corrected chi connectivity index (χ1v) is 13.2. The number of halogens is 1. The van der Waals surface area contributed by atoms with Crippen LogP contribution >= 0.6 is 22.9 Å². The van der Waals surface area contributed by atoms with Crippen molar-refractivity contribution in [2.75, 3.05) is 6.54 Å². The van der Waals surface area contributed by atoms with Gasteiger partial charge in [0.15, 0.2) is 0 Å². The Labute approximate surface area is 218 Å². The van der Waals surface area contributed by atoms with Crippen molar-refractivity contribution in [3.05, 3.63) is 104 Å². The van der Waals surface area contributed by atoms with E-state index < -0.39 is 12.0 Å². The number of aromatic nitrogens is 1. The highest BCUT2D eigenvalue weighted by Gasteiger charge is 2.31. The molecule has 0 aliphatic heterocycles. The van der Waals surface area contributed by atoms with Crippen LogP contribution in [-0.2, 0) is 20.1 Å². The van der Waals surface area contributed by atoms with Gasteiger partial charge in [-0.15, -0.1) is 11.3 Å². The zero-order valence-corrected chi connectivity index (χ0v) is 21.6. The quantitative estimate of drug-likeness (QED) is 0.329. The van der Waals surface area contributed by atoms with Gasteiger partial charge in [0.2, 0.25) is 5.43 Å². The van der Waals surface area contributed by atoms with Gasteiger partial charge in [0, 0.05) is 48.8 Å². The molecule has 1 fully saturated rings. The third kappa shape index (κ3) is 5.55. The number of fused-ring (bicyclic) bond motifs is 1. The number of nitrogens with zero attached hydrogens (tertiary/aromatic N) is 2. The van der Waals surface area contributed by atoms with Crippen LogP contribution in [0.15, 0.2) is 71.7 Å². The number of hydrogen-bond donors (Lipinski definition) is 2. The standard InChI is InChI=1S/C28H28ClN3O3S/c1-31-16-24(27(35)30-14-18-7-9-20(29)10-8-18)26(34)23-13-22(36-28(23)31)15-32(21-11-12-21)17-25(33)19-5-3-2-4-6-19/h2-10,13,16,21,25,33H,11-12,14-15,17H2,1H3,(H,30,35). The predicted molar refractivity (Wildman–Crippen MR) is 145 cm³/mol. The summed E-state index contributed by atoms with van der Waals surface area (Å²) < 4.78 is 1.85. The van der Waals surface area contributed by atoms with Crippen LogP contribution in [0.25, 0.3) is 10.2 Å². The summed E-state index contributed by atoms with van der Waals surface area (Å²) in [4.78, 5) is 30.3. The van der Waals surface area contributed by atoms with Crippen molar-refractivity contribution in [3.63, 3.8) is 0 Å². The molecule has 0 saturated heterocycles. The lowest BCUT2D eigenvalue weighted by Crippen LogP contribution is -2.30. The van der Waals surface area contributed by atoms with Gasteiger partial charge in [0.1, 0.15) is 10.4 Å². The van der Waals surface area contributed by atoms with Crippen LogP contribution < -0.4 is 10.7 Å². The monoisotopic (exact) mass is 521 g/mol. The van der Waals surface area contributed by atoms with Crippen molar-refractivity contribution in [1.82, 2.24) is 14.8 Å². The van der Waals surface area contributed by atoms with E-state index in [0.29, 0.717) is 36.1 Å². The molecule has 186 valence electrons. The summed E-state index contributed by atoms with van der Waals surface area (Å²) in [5.74, 6) is -0.397. The van der Waals surface area contributed by atoms with Gasteiger partial charge in [0.05, 0.1) is 11.5 Å². The molecule has 0 spiro atoms. The summed E-state index contributed by atoms with van der Waals surface area (Å²) in [5.41, 5.74) is 1.67. The molecule has 1 aliphatic rings. The molecule has 36 heavy (non-hydrogen) atoms. The van der Waals surface area contributed by atoms with Crippen molar-refractivity contribution in [2.45, 2.75) is 38.1 Å². The lowest BCUT2D eigenvalue weighted by Gasteiger charge is -2.24.